The van der Waals surface area contributed by atoms with Crippen LogP contribution in [0, 0.1) is 0 Å². The number of hydrogen-bond acceptors (Lipinski definition) is 6. The lowest BCUT2D eigenvalue weighted by atomic mass is 10.0. The van der Waals surface area contributed by atoms with Crippen LogP contribution in [0.15, 0.2) is 67.3 Å². The molecule has 160 valence electrons. The number of anilines is 1. The highest BCUT2D eigenvalue weighted by molar-refractivity contribution is 6.06. The zero-order chi connectivity index (χ0) is 21.9. The van der Waals surface area contributed by atoms with E-state index in [-0.39, 0.29) is 12.0 Å². The van der Waals surface area contributed by atoms with Crippen LogP contribution in [0.4, 0.5) is 5.82 Å². The second-order valence-electron chi connectivity index (χ2n) is 7.73. The molecule has 1 atom stereocenters. The Morgan fingerprint density at radius 3 is 2.84 bits per heavy atom. The second kappa shape index (κ2) is 8.58. The highest BCUT2D eigenvalue weighted by Crippen LogP contribution is 2.29. The van der Waals surface area contributed by atoms with Gasteiger partial charge in [0, 0.05) is 18.9 Å². The Morgan fingerprint density at radius 1 is 1.09 bits per heavy atom. The molecule has 2 bridgehead atoms. The van der Waals surface area contributed by atoms with Gasteiger partial charge in [0.2, 0.25) is 0 Å². The van der Waals surface area contributed by atoms with Gasteiger partial charge in [-0.1, -0.05) is 12.1 Å². The molecule has 8 nitrogen and oxygen atoms in total. The summed E-state index contributed by atoms with van der Waals surface area (Å²) in [5.41, 5.74) is 3.00. The lowest BCUT2D eigenvalue weighted by Crippen LogP contribution is -2.19. The number of carbonyl (C=O) groups excluding carboxylic acids is 1. The van der Waals surface area contributed by atoms with E-state index in [0.717, 1.165) is 30.5 Å². The van der Waals surface area contributed by atoms with Crippen LogP contribution in [0.2, 0.25) is 0 Å². The molecule has 0 unspecified atom stereocenters. The number of nitrogens with one attached hydrogen (secondary N) is 1. The van der Waals surface area contributed by atoms with Crippen molar-refractivity contribution in [3.63, 3.8) is 0 Å². The molecule has 1 aromatic carbocycles. The Morgan fingerprint density at radius 2 is 1.97 bits per heavy atom. The van der Waals surface area contributed by atoms with E-state index in [1.165, 1.54) is 0 Å². The van der Waals surface area contributed by atoms with Crippen LogP contribution in [0.1, 0.15) is 30.1 Å². The number of hydrogen-bond donors (Lipinski definition) is 1. The van der Waals surface area contributed by atoms with Crippen molar-refractivity contribution in [2.24, 2.45) is 0 Å². The van der Waals surface area contributed by atoms with Gasteiger partial charge in [-0.3, -0.25) is 9.78 Å². The van der Waals surface area contributed by atoms with E-state index in [0.29, 0.717) is 28.6 Å². The van der Waals surface area contributed by atoms with Crippen molar-refractivity contribution < 1.29 is 9.53 Å². The van der Waals surface area contributed by atoms with E-state index in [2.05, 4.69) is 25.5 Å². The van der Waals surface area contributed by atoms with Gasteiger partial charge in [0.15, 0.2) is 5.82 Å². The number of amides is 1. The van der Waals surface area contributed by atoms with Gasteiger partial charge in [0.1, 0.15) is 23.6 Å². The average Bonchev–Trinajstić information content (AvgIpc) is 3.28. The van der Waals surface area contributed by atoms with E-state index in [4.69, 9.17) is 4.74 Å². The van der Waals surface area contributed by atoms with Crippen molar-refractivity contribution in [3.05, 3.63) is 72.8 Å². The minimum absolute atomic E-state index is 0.0628. The summed E-state index contributed by atoms with van der Waals surface area (Å²) in [5.74, 6) is 1.37. The normalized spacial score (nSPS) is 16.2. The summed E-state index contributed by atoms with van der Waals surface area (Å²) >= 11 is 0. The number of pyridine rings is 2. The summed E-state index contributed by atoms with van der Waals surface area (Å²) in [5, 5.41) is 11.2. The van der Waals surface area contributed by atoms with Crippen LogP contribution in [0.3, 0.4) is 0 Å². The van der Waals surface area contributed by atoms with E-state index in [9.17, 15) is 4.79 Å². The summed E-state index contributed by atoms with van der Waals surface area (Å²) in [6.07, 6.45) is 6.80. The monoisotopic (exact) mass is 426 g/mol. The predicted octanol–water partition coefficient (Wildman–Crippen LogP) is 4.22. The third-order valence-corrected chi connectivity index (χ3v) is 5.41. The molecule has 3 aromatic heterocycles. The molecule has 8 heteroatoms. The highest BCUT2D eigenvalue weighted by Gasteiger charge is 2.19. The van der Waals surface area contributed by atoms with Gasteiger partial charge in [0.05, 0.1) is 11.7 Å². The van der Waals surface area contributed by atoms with Crippen molar-refractivity contribution >= 4 is 11.7 Å². The van der Waals surface area contributed by atoms with E-state index in [1.54, 1.807) is 24.8 Å². The van der Waals surface area contributed by atoms with Crippen LogP contribution in [0.5, 0.6) is 5.75 Å². The number of aromatic nitrogens is 5. The largest absolute Gasteiger partial charge is 0.490 e. The first-order valence-electron chi connectivity index (χ1n) is 10.5. The molecule has 0 saturated carbocycles. The molecule has 1 N–H and O–H groups in total. The lowest BCUT2D eigenvalue weighted by molar-refractivity contribution is 0.101. The number of fused-ring (bicyclic) bond motifs is 5. The second-order valence-corrected chi connectivity index (χ2v) is 7.73. The third kappa shape index (κ3) is 4.07. The Balaban J connectivity index is 1.56. The van der Waals surface area contributed by atoms with Gasteiger partial charge in [-0.15, -0.1) is 10.2 Å². The van der Waals surface area contributed by atoms with Crippen molar-refractivity contribution in [2.45, 2.75) is 32.4 Å². The highest BCUT2D eigenvalue weighted by atomic mass is 16.5. The standard InChI is InChI=1S/C24H22N6O2/c1-16-4-3-13-30-15-26-29-23(30)20-5-2-6-22(27-20)28-24(31)19-14-18(7-8-21(19)32-16)17-9-11-25-12-10-17/h2,5-12,14-16H,3-4,13H2,1H3,(H,27,28,31)/t16-/m0/s1. The molecule has 4 aromatic rings. The van der Waals surface area contributed by atoms with Gasteiger partial charge in [-0.25, -0.2) is 4.98 Å². The summed E-state index contributed by atoms with van der Waals surface area (Å²) in [6, 6.07) is 14.9. The van der Waals surface area contributed by atoms with Gasteiger partial charge in [-0.05, 0) is 67.3 Å². The molecule has 1 aliphatic rings. The first kappa shape index (κ1) is 19.9. The van der Waals surface area contributed by atoms with Gasteiger partial charge in [0.25, 0.3) is 5.91 Å². The maximum absolute atomic E-state index is 13.3. The molecule has 0 aliphatic carbocycles. The number of nitrogens with zero attached hydrogens (tertiary/aromatic N) is 5. The fraction of sp³-hybridized carbons (Fsp3) is 0.208. The van der Waals surface area contributed by atoms with Crippen molar-refractivity contribution in [2.75, 3.05) is 5.32 Å². The Kier molecular flexibility index (Phi) is 5.33. The summed E-state index contributed by atoms with van der Waals surface area (Å²) < 4.78 is 8.17. The predicted molar refractivity (Wildman–Crippen MR) is 120 cm³/mol. The smallest absolute Gasteiger partial charge is 0.260 e. The fourth-order valence-electron chi connectivity index (χ4n) is 3.79. The first-order valence-corrected chi connectivity index (χ1v) is 10.5. The molecule has 5 rings (SSSR count). The molecule has 0 radical (unpaired) electrons. The number of carbonyl (C=O) groups is 1. The van der Waals surface area contributed by atoms with Crippen LogP contribution in [0.25, 0.3) is 22.6 Å². The molecule has 1 aliphatic heterocycles. The lowest BCUT2D eigenvalue weighted by Gasteiger charge is -2.19. The minimum Gasteiger partial charge on any atom is -0.490 e. The van der Waals surface area contributed by atoms with Crippen LogP contribution >= 0.6 is 0 Å². The minimum atomic E-state index is -0.286. The van der Waals surface area contributed by atoms with E-state index >= 15 is 0 Å². The average molecular weight is 426 g/mol. The van der Waals surface area contributed by atoms with Gasteiger partial charge >= 0.3 is 0 Å². The maximum Gasteiger partial charge on any atom is 0.260 e. The molecule has 0 spiro atoms. The van der Waals surface area contributed by atoms with Crippen molar-refractivity contribution in [1.82, 2.24) is 24.7 Å². The summed E-state index contributed by atoms with van der Waals surface area (Å²) in [7, 11) is 0. The zero-order valence-electron chi connectivity index (χ0n) is 17.6. The number of rotatable bonds is 1. The summed E-state index contributed by atoms with van der Waals surface area (Å²) in [6.45, 7) is 2.77. The number of benzene rings is 1. The molecule has 0 fully saturated rings. The van der Waals surface area contributed by atoms with Gasteiger partial charge < -0.3 is 14.6 Å². The molecular weight excluding hydrogens is 404 g/mol. The summed E-state index contributed by atoms with van der Waals surface area (Å²) in [4.78, 5) is 22.0. The molecular formula is C24H22N6O2. The molecule has 32 heavy (non-hydrogen) atoms. The zero-order valence-corrected chi connectivity index (χ0v) is 17.6. The quantitative estimate of drug-likeness (QED) is 0.490. The fourth-order valence-corrected chi connectivity index (χ4v) is 3.79. The molecule has 4 heterocycles. The number of ether oxygens (including phenoxy) is 1. The molecule has 0 saturated heterocycles. The van der Waals surface area contributed by atoms with Crippen LogP contribution in [-0.4, -0.2) is 36.7 Å². The first-order chi connectivity index (χ1) is 15.7. The maximum atomic E-state index is 13.3. The van der Waals surface area contributed by atoms with Crippen LogP contribution < -0.4 is 10.1 Å². The number of aryl methyl sites for hydroxylation is 1. The van der Waals surface area contributed by atoms with Gasteiger partial charge in [-0.2, -0.15) is 0 Å². The Hall–Kier alpha value is -4.07. The molecule has 1 amide bonds. The van der Waals surface area contributed by atoms with Crippen LogP contribution in [-0.2, 0) is 6.54 Å². The topological polar surface area (TPSA) is 94.8 Å². The Labute approximate surface area is 185 Å². The third-order valence-electron chi connectivity index (χ3n) is 5.41. The van der Waals surface area contributed by atoms with E-state index < -0.39 is 0 Å². The van der Waals surface area contributed by atoms with E-state index in [1.807, 2.05) is 54.0 Å². The Bertz CT molecular complexity index is 1250. The van der Waals surface area contributed by atoms with Crippen molar-refractivity contribution in [3.8, 4) is 28.4 Å². The van der Waals surface area contributed by atoms with Crippen molar-refractivity contribution in [1.29, 1.82) is 0 Å². The SMILES string of the molecule is C[C@H]1CCCn2cnnc2-c2cccc(n2)NC(=O)c2cc(-c3ccncc3)ccc2O1.